The Morgan fingerprint density at radius 1 is 1.03 bits per heavy atom. The molecule has 2 N–H and O–H groups in total. The van der Waals surface area contributed by atoms with Crippen molar-refractivity contribution < 1.29 is 32.3 Å². The van der Waals surface area contributed by atoms with E-state index < -0.39 is 23.6 Å². The van der Waals surface area contributed by atoms with Crippen LogP contribution >= 0.6 is 0 Å². The van der Waals surface area contributed by atoms with Crippen LogP contribution in [0.15, 0.2) is 60.7 Å². The third-order valence-corrected chi connectivity index (χ3v) is 5.66. The third-order valence-electron chi connectivity index (χ3n) is 5.66. The summed E-state index contributed by atoms with van der Waals surface area (Å²) in [4.78, 5) is 43.4. The van der Waals surface area contributed by atoms with Crippen LogP contribution in [0.1, 0.15) is 26.4 Å². The van der Waals surface area contributed by atoms with Crippen LogP contribution in [0.5, 0.6) is 11.5 Å². The highest BCUT2D eigenvalue weighted by Crippen LogP contribution is 2.35. The van der Waals surface area contributed by atoms with Gasteiger partial charge in [0.05, 0.1) is 16.8 Å². The molecule has 36 heavy (non-hydrogen) atoms. The number of rotatable bonds is 5. The Labute approximate surface area is 204 Å². The van der Waals surface area contributed by atoms with Gasteiger partial charge in [-0.05, 0) is 54.6 Å². The number of carbonyl (C=O) groups excluding carboxylic acids is 3. The summed E-state index contributed by atoms with van der Waals surface area (Å²) in [7, 11) is 1.59. The first kappa shape index (κ1) is 24.7. The van der Waals surface area contributed by atoms with E-state index in [1.807, 2.05) is 0 Å². The van der Waals surface area contributed by atoms with Gasteiger partial charge in [-0.1, -0.05) is 6.07 Å². The molecule has 0 unspecified atom stereocenters. The van der Waals surface area contributed by atoms with Gasteiger partial charge >= 0.3 is 6.18 Å². The zero-order valence-corrected chi connectivity index (χ0v) is 19.1. The molecule has 0 radical (unpaired) electrons. The highest BCUT2D eigenvalue weighted by atomic mass is 19.4. The van der Waals surface area contributed by atoms with Crippen molar-refractivity contribution in [2.75, 3.05) is 26.7 Å². The van der Waals surface area contributed by atoms with Gasteiger partial charge in [0, 0.05) is 25.7 Å². The van der Waals surface area contributed by atoms with Gasteiger partial charge in [0.2, 0.25) is 5.91 Å². The highest BCUT2D eigenvalue weighted by Gasteiger charge is 2.34. The summed E-state index contributed by atoms with van der Waals surface area (Å²) in [5.74, 6) is -1.54. The molecule has 0 aliphatic carbocycles. The van der Waals surface area contributed by atoms with Gasteiger partial charge in [0.15, 0.2) is 0 Å². The molecule has 0 spiro atoms. The molecule has 1 aliphatic rings. The number of carbonyl (C=O) groups is 3. The molecule has 2 heterocycles. The lowest BCUT2D eigenvalue weighted by Crippen LogP contribution is -2.50. The van der Waals surface area contributed by atoms with E-state index in [4.69, 9.17) is 10.5 Å². The topological polar surface area (TPSA) is 106 Å². The molecule has 1 saturated heterocycles. The quantitative estimate of drug-likeness (QED) is 0.579. The van der Waals surface area contributed by atoms with Crippen molar-refractivity contribution in [3.63, 3.8) is 0 Å². The fourth-order valence-corrected chi connectivity index (χ4v) is 3.62. The SMILES string of the molecule is CN1CCN(C(=O)c2cc(C(F)(F)F)ccc2Oc2ccc(-c3cccc(C(N)=O)n3)cc2)CC1=O. The molecule has 8 nitrogen and oxygen atoms in total. The van der Waals surface area contributed by atoms with Gasteiger partial charge < -0.3 is 20.3 Å². The number of hydrogen-bond donors (Lipinski definition) is 1. The number of aromatic nitrogens is 1. The fraction of sp³-hybridized carbons (Fsp3) is 0.200. The van der Waals surface area contributed by atoms with Crippen LogP contribution in [0.25, 0.3) is 11.3 Å². The Balaban J connectivity index is 1.63. The van der Waals surface area contributed by atoms with Crippen molar-refractivity contribution in [2.24, 2.45) is 5.73 Å². The average Bonchev–Trinajstić information content (AvgIpc) is 2.85. The zero-order chi connectivity index (χ0) is 26.0. The number of pyridine rings is 1. The molecule has 3 aromatic rings. The molecule has 1 fully saturated rings. The zero-order valence-electron chi connectivity index (χ0n) is 19.1. The second-order valence-electron chi connectivity index (χ2n) is 8.15. The molecule has 1 aliphatic heterocycles. The molecule has 11 heteroatoms. The predicted octanol–water partition coefficient (Wildman–Crippen LogP) is 3.57. The lowest BCUT2D eigenvalue weighted by Gasteiger charge is -2.32. The Hall–Kier alpha value is -4.41. The first-order chi connectivity index (χ1) is 17.0. The summed E-state index contributed by atoms with van der Waals surface area (Å²) in [6.07, 6.45) is -4.67. The van der Waals surface area contributed by atoms with E-state index in [0.29, 0.717) is 11.3 Å². The minimum Gasteiger partial charge on any atom is -0.457 e. The minimum absolute atomic E-state index is 0.0824. The smallest absolute Gasteiger partial charge is 0.416 e. The van der Waals surface area contributed by atoms with Crippen molar-refractivity contribution >= 4 is 17.7 Å². The van der Waals surface area contributed by atoms with Gasteiger partial charge in [-0.2, -0.15) is 13.2 Å². The van der Waals surface area contributed by atoms with E-state index in [9.17, 15) is 27.6 Å². The summed E-state index contributed by atoms with van der Waals surface area (Å²) in [5.41, 5.74) is 5.20. The van der Waals surface area contributed by atoms with E-state index in [1.165, 1.54) is 15.9 Å². The maximum absolute atomic E-state index is 13.4. The normalized spacial score (nSPS) is 14.1. The van der Waals surface area contributed by atoms with Crippen LogP contribution in [0.4, 0.5) is 13.2 Å². The number of halogens is 3. The molecule has 0 bridgehead atoms. The first-order valence-corrected chi connectivity index (χ1v) is 10.8. The number of ether oxygens (including phenoxy) is 1. The number of primary amides is 1. The van der Waals surface area contributed by atoms with Gasteiger partial charge in [-0.3, -0.25) is 14.4 Å². The Bertz CT molecular complexity index is 1330. The van der Waals surface area contributed by atoms with Crippen molar-refractivity contribution in [1.29, 1.82) is 0 Å². The largest absolute Gasteiger partial charge is 0.457 e. The van der Waals surface area contributed by atoms with E-state index in [2.05, 4.69) is 4.98 Å². The number of alkyl halides is 3. The van der Waals surface area contributed by atoms with Crippen molar-refractivity contribution in [3.8, 4) is 22.8 Å². The molecular weight excluding hydrogens is 477 g/mol. The number of nitrogens with zero attached hydrogens (tertiary/aromatic N) is 3. The predicted molar refractivity (Wildman–Crippen MR) is 123 cm³/mol. The maximum atomic E-state index is 13.4. The lowest BCUT2D eigenvalue weighted by atomic mass is 10.1. The second-order valence-corrected chi connectivity index (χ2v) is 8.15. The summed E-state index contributed by atoms with van der Waals surface area (Å²) in [6.45, 7) is 0.214. The monoisotopic (exact) mass is 498 g/mol. The van der Waals surface area contributed by atoms with Gasteiger partial charge in [0.25, 0.3) is 11.8 Å². The molecule has 2 aromatic carbocycles. The highest BCUT2D eigenvalue weighted by molar-refractivity contribution is 5.99. The molecule has 4 rings (SSSR count). The van der Waals surface area contributed by atoms with Gasteiger partial charge in [-0.25, -0.2) is 4.98 Å². The summed E-state index contributed by atoms with van der Waals surface area (Å²) in [5, 5.41) is 0. The van der Waals surface area contributed by atoms with E-state index >= 15 is 0 Å². The van der Waals surface area contributed by atoms with Crippen LogP contribution in [0, 0.1) is 0 Å². The number of benzene rings is 2. The fourth-order valence-electron chi connectivity index (χ4n) is 3.62. The molecule has 186 valence electrons. The summed E-state index contributed by atoms with van der Waals surface area (Å²) in [6, 6.07) is 13.9. The van der Waals surface area contributed by atoms with Crippen LogP contribution in [0.2, 0.25) is 0 Å². The average molecular weight is 498 g/mol. The van der Waals surface area contributed by atoms with Crippen molar-refractivity contribution in [2.45, 2.75) is 6.18 Å². The Kier molecular flexibility index (Phi) is 6.65. The summed E-state index contributed by atoms with van der Waals surface area (Å²) >= 11 is 0. The first-order valence-electron chi connectivity index (χ1n) is 10.8. The minimum atomic E-state index is -4.67. The molecular formula is C25H21F3N4O4. The standard InChI is InChI=1S/C25H21F3N4O4/c1-31-11-12-32(14-22(31)33)24(35)18-13-16(25(26,27)28)7-10-21(18)36-17-8-5-15(6-9-17)19-3-2-4-20(30-19)23(29)34/h2-10,13H,11-12,14H2,1H3,(H2,29,34). The lowest BCUT2D eigenvalue weighted by molar-refractivity contribution is -0.137. The van der Waals surface area contributed by atoms with E-state index in [1.54, 1.807) is 43.4 Å². The number of likely N-dealkylation sites (N-methyl/N-ethyl adjacent to an activating group) is 1. The van der Waals surface area contributed by atoms with Gasteiger partial charge in [0.1, 0.15) is 23.7 Å². The number of amides is 3. The Morgan fingerprint density at radius 2 is 1.75 bits per heavy atom. The second kappa shape index (κ2) is 9.68. The van der Waals surface area contributed by atoms with Crippen LogP contribution in [-0.4, -0.2) is 59.2 Å². The molecule has 1 aromatic heterocycles. The van der Waals surface area contributed by atoms with Crippen LogP contribution in [0.3, 0.4) is 0 Å². The maximum Gasteiger partial charge on any atom is 0.416 e. The van der Waals surface area contributed by atoms with Crippen LogP contribution < -0.4 is 10.5 Å². The number of piperazine rings is 1. The molecule has 3 amide bonds. The third kappa shape index (κ3) is 5.29. The van der Waals surface area contributed by atoms with E-state index in [-0.39, 0.29) is 48.3 Å². The van der Waals surface area contributed by atoms with E-state index in [0.717, 1.165) is 18.2 Å². The van der Waals surface area contributed by atoms with Crippen molar-refractivity contribution in [3.05, 3.63) is 77.5 Å². The summed E-state index contributed by atoms with van der Waals surface area (Å²) < 4.78 is 45.9. The number of nitrogens with two attached hydrogens (primary N) is 1. The molecule has 0 saturated carbocycles. The van der Waals surface area contributed by atoms with Crippen LogP contribution in [-0.2, 0) is 11.0 Å². The number of hydrogen-bond acceptors (Lipinski definition) is 5. The van der Waals surface area contributed by atoms with Gasteiger partial charge in [-0.15, -0.1) is 0 Å². The van der Waals surface area contributed by atoms with Crippen molar-refractivity contribution in [1.82, 2.24) is 14.8 Å². The molecule has 0 atom stereocenters. The Morgan fingerprint density at radius 3 is 2.39 bits per heavy atom.